The Bertz CT molecular complexity index is 1880. The van der Waals surface area contributed by atoms with Crippen molar-refractivity contribution >= 4 is 28.8 Å². The Balaban J connectivity index is 1.32. The third-order valence-electron chi connectivity index (χ3n) is 8.48. The molecule has 250 valence electrons. The van der Waals surface area contributed by atoms with Crippen molar-refractivity contribution < 1.29 is 31.9 Å². The summed E-state index contributed by atoms with van der Waals surface area (Å²) in [6, 6.07) is 15.7. The number of hydrogen-bond donors (Lipinski definition) is 0. The Morgan fingerprint density at radius 3 is 2.10 bits per heavy atom. The molecule has 1 amide bonds. The highest BCUT2D eigenvalue weighted by atomic mass is 19.1. The van der Waals surface area contributed by atoms with Gasteiger partial charge in [-0.05, 0) is 48.9 Å². The number of carbonyl (C=O) groups is 3. The maximum Gasteiger partial charge on any atom is 0.290 e. The van der Waals surface area contributed by atoms with Gasteiger partial charge in [-0.3, -0.25) is 19.2 Å². The van der Waals surface area contributed by atoms with Crippen LogP contribution in [0.1, 0.15) is 40.4 Å². The fraction of sp³-hybridized carbons (Fsp3) is 0.278. The molecule has 1 fully saturated rings. The summed E-state index contributed by atoms with van der Waals surface area (Å²) in [5.74, 6) is -6.93. The number of carbonyl (C=O) groups excluding carboxylic acids is 3. The lowest BCUT2D eigenvalue weighted by Crippen LogP contribution is -2.51. The van der Waals surface area contributed by atoms with Crippen molar-refractivity contribution in [1.82, 2.24) is 9.47 Å². The van der Waals surface area contributed by atoms with E-state index in [1.165, 1.54) is 29.3 Å². The molecule has 0 N–H and O–H groups in total. The lowest BCUT2D eigenvalue weighted by atomic mass is 10.00. The largest absolute Gasteiger partial charge is 0.375 e. The number of ketones is 2. The van der Waals surface area contributed by atoms with Crippen LogP contribution >= 0.6 is 0 Å². The van der Waals surface area contributed by atoms with E-state index >= 15 is 0 Å². The van der Waals surface area contributed by atoms with Gasteiger partial charge in [-0.2, -0.15) is 0 Å². The highest BCUT2D eigenvalue weighted by Gasteiger charge is 2.29. The molecule has 3 aromatic carbocycles. The molecule has 12 heteroatoms. The number of halogens is 4. The zero-order chi connectivity index (χ0) is 34.5. The van der Waals surface area contributed by atoms with Gasteiger partial charge in [-0.25, -0.2) is 17.6 Å². The Morgan fingerprint density at radius 2 is 1.48 bits per heavy atom. The number of piperazine rings is 1. The van der Waals surface area contributed by atoms with E-state index in [0.29, 0.717) is 25.2 Å². The SMILES string of the molecule is CCN(C)c1ccc(N2CCN(C(=O)C(=O)CC(=O)c3cc(Cc4c(F)cc(F)cc4F)cn(Cc4ccccc4F)c3=O)CC2)cc1. The van der Waals surface area contributed by atoms with Crippen LogP contribution in [0.25, 0.3) is 0 Å². The summed E-state index contributed by atoms with van der Waals surface area (Å²) in [5, 5.41) is 0. The molecule has 0 unspecified atom stereocenters. The summed E-state index contributed by atoms with van der Waals surface area (Å²) >= 11 is 0. The van der Waals surface area contributed by atoms with E-state index in [0.717, 1.165) is 28.6 Å². The number of rotatable bonds is 11. The number of hydrogen-bond acceptors (Lipinski definition) is 6. The minimum Gasteiger partial charge on any atom is -0.375 e. The summed E-state index contributed by atoms with van der Waals surface area (Å²) in [4.78, 5) is 58.4. The van der Waals surface area contributed by atoms with E-state index in [9.17, 15) is 36.7 Å². The third kappa shape index (κ3) is 7.64. The highest BCUT2D eigenvalue weighted by molar-refractivity contribution is 6.40. The zero-order valence-corrected chi connectivity index (χ0v) is 26.5. The van der Waals surface area contributed by atoms with E-state index in [2.05, 4.69) is 16.7 Å². The van der Waals surface area contributed by atoms with Gasteiger partial charge in [0, 0.05) is 87.0 Å². The van der Waals surface area contributed by atoms with Crippen LogP contribution in [-0.2, 0) is 22.6 Å². The maximum atomic E-state index is 14.5. The number of anilines is 2. The van der Waals surface area contributed by atoms with Crippen LogP contribution in [0.3, 0.4) is 0 Å². The lowest BCUT2D eigenvalue weighted by Gasteiger charge is -2.36. The standard InChI is InChI=1S/C36H34F4N4O4/c1-3-41(2)26-8-10-27(11-9-26)42-12-14-43(15-13-42)36(48)34(46)20-33(45)29-17-23(16-28-31(39)18-25(37)19-32(28)40)21-44(35(29)47)22-24-6-4-5-7-30(24)38/h4-11,17-19,21H,3,12-16,20,22H2,1-2H3. The van der Waals surface area contributed by atoms with Crippen molar-refractivity contribution in [2.75, 3.05) is 49.6 Å². The van der Waals surface area contributed by atoms with Crippen molar-refractivity contribution in [3.63, 3.8) is 0 Å². The molecule has 8 nitrogen and oxygen atoms in total. The molecule has 4 aromatic rings. The maximum absolute atomic E-state index is 14.5. The van der Waals surface area contributed by atoms with E-state index in [4.69, 9.17) is 0 Å². The van der Waals surface area contributed by atoms with Crippen molar-refractivity contribution in [2.24, 2.45) is 0 Å². The molecule has 0 spiro atoms. The molecule has 5 rings (SSSR count). The third-order valence-corrected chi connectivity index (χ3v) is 8.48. The van der Waals surface area contributed by atoms with Crippen molar-refractivity contribution in [3.8, 4) is 0 Å². The molecule has 48 heavy (non-hydrogen) atoms. The molecule has 0 atom stereocenters. The minimum atomic E-state index is -1.17. The quantitative estimate of drug-likeness (QED) is 0.0975. The molecule has 0 saturated carbocycles. The summed E-state index contributed by atoms with van der Waals surface area (Å²) in [5.41, 5.74) is 0.327. The molecule has 1 aliphatic rings. The minimum absolute atomic E-state index is 0.0722. The topological polar surface area (TPSA) is 82.9 Å². The Labute approximate surface area is 274 Å². The van der Waals surface area contributed by atoms with Crippen LogP contribution in [0, 0.1) is 23.3 Å². The Kier molecular flexibility index (Phi) is 10.4. The number of nitrogens with zero attached hydrogens (tertiary/aromatic N) is 4. The number of Topliss-reactive ketones (excluding diaryl/α,β-unsaturated/α-hetero) is 2. The monoisotopic (exact) mass is 662 g/mol. The average Bonchev–Trinajstić information content (AvgIpc) is 3.08. The van der Waals surface area contributed by atoms with E-state index in [1.807, 2.05) is 31.3 Å². The molecule has 2 heterocycles. The van der Waals surface area contributed by atoms with E-state index < -0.39 is 70.3 Å². The lowest BCUT2D eigenvalue weighted by molar-refractivity contribution is -0.144. The van der Waals surface area contributed by atoms with Crippen LogP contribution in [0.4, 0.5) is 28.9 Å². The van der Waals surface area contributed by atoms with Crippen LogP contribution in [0.5, 0.6) is 0 Å². The Morgan fingerprint density at radius 1 is 0.833 bits per heavy atom. The van der Waals surface area contributed by atoms with Crippen LogP contribution in [-0.4, -0.2) is 66.7 Å². The first-order valence-corrected chi connectivity index (χ1v) is 15.5. The fourth-order valence-corrected chi connectivity index (χ4v) is 5.63. The second-order valence-corrected chi connectivity index (χ2v) is 11.6. The zero-order valence-electron chi connectivity index (χ0n) is 26.5. The van der Waals surface area contributed by atoms with Crippen molar-refractivity contribution in [1.29, 1.82) is 0 Å². The predicted molar refractivity (Wildman–Crippen MR) is 173 cm³/mol. The molecule has 1 saturated heterocycles. The summed E-state index contributed by atoms with van der Waals surface area (Å²) in [6.07, 6.45) is -0.177. The molecular formula is C36H34F4N4O4. The predicted octanol–water partition coefficient (Wildman–Crippen LogP) is 4.99. The average molecular weight is 663 g/mol. The first-order chi connectivity index (χ1) is 22.9. The normalized spacial score (nSPS) is 13.0. The van der Waals surface area contributed by atoms with Gasteiger partial charge in [0.05, 0.1) is 18.5 Å². The van der Waals surface area contributed by atoms with Gasteiger partial charge in [0.2, 0.25) is 5.78 Å². The molecule has 0 aliphatic carbocycles. The number of aromatic nitrogens is 1. The summed E-state index contributed by atoms with van der Waals surface area (Å²) < 4.78 is 58.0. The van der Waals surface area contributed by atoms with E-state index in [1.54, 1.807) is 6.07 Å². The first-order valence-electron chi connectivity index (χ1n) is 15.5. The summed E-state index contributed by atoms with van der Waals surface area (Å²) in [7, 11) is 2.00. The summed E-state index contributed by atoms with van der Waals surface area (Å²) in [6.45, 7) is 4.01. The van der Waals surface area contributed by atoms with Gasteiger partial charge >= 0.3 is 0 Å². The molecule has 0 bridgehead atoms. The van der Waals surface area contributed by atoms with Crippen LogP contribution in [0.15, 0.2) is 77.7 Å². The van der Waals surface area contributed by atoms with Crippen LogP contribution < -0.4 is 15.4 Å². The smallest absolute Gasteiger partial charge is 0.290 e. The van der Waals surface area contributed by atoms with Gasteiger partial charge in [0.25, 0.3) is 11.5 Å². The first kappa shape index (κ1) is 34.1. The van der Waals surface area contributed by atoms with Crippen molar-refractivity contribution in [3.05, 3.63) is 129 Å². The van der Waals surface area contributed by atoms with Gasteiger partial charge in [0.15, 0.2) is 5.78 Å². The van der Waals surface area contributed by atoms with Crippen LogP contribution in [0.2, 0.25) is 0 Å². The van der Waals surface area contributed by atoms with Crippen molar-refractivity contribution in [2.45, 2.75) is 26.3 Å². The van der Waals surface area contributed by atoms with Gasteiger partial charge < -0.3 is 19.3 Å². The highest BCUT2D eigenvalue weighted by Crippen LogP contribution is 2.22. The number of amides is 1. The fourth-order valence-electron chi connectivity index (χ4n) is 5.63. The Hall–Kier alpha value is -5.26. The molecule has 0 radical (unpaired) electrons. The van der Waals surface area contributed by atoms with Gasteiger partial charge in [0.1, 0.15) is 23.3 Å². The second-order valence-electron chi connectivity index (χ2n) is 11.6. The number of pyridine rings is 1. The second kappa shape index (κ2) is 14.7. The van der Waals surface area contributed by atoms with Gasteiger partial charge in [-0.1, -0.05) is 18.2 Å². The number of benzene rings is 3. The molecule has 1 aromatic heterocycles. The molecular weight excluding hydrogens is 628 g/mol. The van der Waals surface area contributed by atoms with Gasteiger partial charge in [-0.15, -0.1) is 0 Å². The molecule has 1 aliphatic heterocycles. The van der Waals surface area contributed by atoms with E-state index in [-0.39, 0.29) is 30.8 Å².